The summed E-state index contributed by atoms with van der Waals surface area (Å²) in [6.07, 6.45) is 64.9. The number of hydrogen-bond acceptors (Lipinski definition) is 0. The van der Waals surface area contributed by atoms with E-state index in [9.17, 15) is 0 Å². The molecule has 1 atom stereocenters. The third-order valence-electron chi connectivity index (χ3n) is 11.1. The van der Waals surface area contributed by atoms with Crippen LogP contribution in [0.15, 0.2) is 12.2 Å². The Morgan fingerprint density at radius 1 is 0.234 bits per heavy atom. The van der Waals surface area contributed by atoms with Crippen LogP contribution in [0.25, 0.3) is 0 Å². The van der Waals surface area contributed by atoms with Gasteiger partial charge in [-0.2, -0.15) is 0 Å². The Kier molecular flexibility index (Phi) is 43.5. The lowest BCUT2D eigenvalue weighted by molar-refractivity contribution is 0.365. The predicted octanol–water partition coefficient (Wildman–Crippen LogP) is 18.2. The van der Waals surface area contributed by atoms with E-state index in [1.54, 1.807) is 0 Å². The van der Waals surface area contributed by atoms with E-state index in [1.807, 2.05) is 0 Å². The molecule has 282 valence electrons. The molecule has 0 aromatic rings. The van der Waals surface area contributed by atoms with Crippen molar-refractivity contribution in [3.05, 3.63) is 12.2 Å². The fraction of sp³-hybridized carbons (Fsp3) is 0.957. The molecule has 0 spiro atoms. The molecule has 0 aliphatic heterocycles. The summed E-state index contributed by atoms with van der Waals surface area (Å²) in [5.74, 6) is 1.03. The molecular formula is C47H94. The highest BCUT2D eigenvalue weighted by molar-refractivity contribution is 4.81. The van der Waals surface area contributed by atoms with Crippen LogP contribution in [-0.2, 0) is 0 Å². The molecule has 0 aromatic carbocycles. The zero-order valence-electron chi connectivity index (χ0n) is 33.7. The Bertz CT molecular complexity index is 546. The summed E-state index contributed by atoms with van der Waals surface area (Å²) in [7, 11) is 0. The van der Waals surface area contributed by atoms with Gasteiger partial charge in [0.1, 0.15) is 0 Å². The van der Waals surface area contributed by atoms with Crippen molar-refractivity contribution in [2.24, 2.45) is 5.92 Å². The van der Waals surface area contributed by atoms with Gasteiger partial charge in [-0.25, -0.2) is 0 Å². The zero-order valence-corrected chi connectivity index (χ0v) is 33.7. The lowest BCUT2D eigenvalue weighted by atomic mass is 9.89. The molecule has 0 radical (unpaired) electrons. The number of hydrogen-bond donors (Lipinski definition) is 0. The molecule has 0 bridgehead atoms. The Morgan fingerprint density at radius 2 is 0.426 bits per heavy atom. The molecule has 0 N–H and O–H groups in total. The van der Waals surface area contributed by atoms with E-state index < -0.39 is 0 Å². The molecule has 0 amide bonds. The van der Waals surface area contributed by atoms with E-state index in [0.717, 1.165) is 5.92 Å². The third-order valence-corrected chi connectivity index (χ3v) is 11.1. The molecule has 0 rings (SSSR count). The smallest absolute Gasteiger partial charge is 0.0351 e. The zero-order chi connectivity index (χ0) is 34.0. The first-order valence-electron chi connectivity index (χ1n) is 23.0. The van der Waals surface area contributed by atoms with Crippen molar-refractivity contribution in [1.82, 2.24) is 0 Å². The molecular weight excluding hydrogens is 565 g/mol. The molecule has 0 saturated heterocycles. The van der Waals surface area contributed by atoms with Gasteiger partial charge in [0, 0.05) is 0 Å². The summed E-state index contributed by atoms with van der Waals surface area (Å²) in [6, 6.07) is 0. The first-order valence-corrected chi connectivity index (χ1v) is 23.0. The van der Waals surface area contributed by atoms with Gasteiger partial charge in [-0.15, -0.1) is 0 Å². The predicted molar refractivity (Wildman–Crippen MR) is 219 cm³/mol. The minimum absolute atomic E-state index is 1.03. The van der Waals surface area contributed by atoms with Gasteiger partial charge in [-0.1, -0.05) is 270 Å². The molecule has 0 nitrogen and oxygen atoms in total. The number of rotatable bonds is 42. The highest BCUT2D eigenvalue weighted by Gasteiger charge is 2.09. The molecule has 0 aliphatic rings. The standard InChI is InChI=1S/C47H94/c1-4-7-10-13-16-19-22-24-26-27-29-31-34-37-40-43-46-47(44-41-38-35-32-21-18-15-12-9-6-3)45-42-39-36-33-30-28-25-23-20-17-14-11-8-5-2/h24,26,47H,4-23,25,27-46H2,1-3H3/b26-24-. The van der Waals surface area contributed by atoms with Crippen molar-refractivity contribution in [3.8, 4) is 0 Å². The van der Waals surface area contributed by atoms with E-state index in [0.29, 0.717) is 0 Å². The molecule has 0 aliphatic carbocycles. The molecule has 0 saturated carbocycles. The van der Waals surface area contributed by atoms with Crippen LogP contribution in [0.1, 0.15) is 284 Å². The minimum Gasteiger partial charge on any atom is -0.0885 e. The van der Waals surface area contributed by atoms with Gasteiger partial charge in [0.15, 0.2) is 0 Å². The van der Waals surface area contributed by atoms with Gasteiger partial charge in [0.2, 0.25) is 0 Å². The molecule has 0 heterocycles. The molecule has 47 heavy (non-hydrogen) atoms. The van der Waals surface area contributed by atoms with E-state index in [1.165, 1.54) is 263 Å². The summed E-state index contributed by atoms with van der Waals surface area (Å²) >= 11 is 0. The van der Waals surface area contributed by atoms with Crippen LogP contribution in [0, 0.1) is 5.92 Å². The van der Waals surface area contributed by atoms with Crippen molar-refractivity contribution in [2.45, 2.75) is 284 Å². The van der Waals surface area contributed by atoms with E-state index >= 15 is 0 Å². The average molecular weight is 659 g/mol. The normalized spacial score (nSPS) is 12.5. The van der Waals surface area contributed by atoms with Crippen molar-refractivity contribution in [1.29, 1.82) is 0 Å². The molecule has 1 unspecified atom stereocenters. The van der Waals surface area contributed by atoms with Crippen LogP contribution in [-0.4, -0.2) is 0 Å². The van der Waals surface area contributed by atoms with Crippen molar-refractivity contribution >= 4 is 0 Å². The van der Waals surface area contributed by atoms with Gasteiger partial charge in [-0.3, -0.25) is 0 Å². The quantitative estimate of drug-likeness (QED) is 0.0452. The maximum atomic E-state index is 2.47. The van der Waals surface area contributed by atoms with Crippen molar-refractivity contribution < 1.29 is 0 Å². The second-order valence-corrected chi connectivity index (χ2v) is 15.9. The van der Waals surface area contributed by atoms with Crippen LogP contribution in [0.4, 0.5) is 0 Å². The van der Waals surface area contributed by atoms with Crippen LogP contribution >= 0.6 is 0 Å². The van der Waals surface area contributed by atoms with E-state index in [4.69, 9.17) is 0 Å². The first kappa shape index (κ1) is 46.7. The summed E-state index contributed by atoms with van der Waals surface area (Å²) in [4.78, 5) is 0. The lowest BCUT2D eigenvalue weighted by Crippen LogP contribution is -2.01. The summed E-state index contributed by atoms with van der Waals surface area (Å²) in [5.41, 5.74) is 0. The summed E-state index contributed by atoms with van der Waals surface area (Å²) < 4.78 is 0. The number of allylic oxidation sites excluding steroid dienone is 2. The Labute approximate surface area is 301 Å². The minimum atomic E-state index is 1.03. The molecule has 0 fully saturated rings. The lowest BCUT2D eigenvalue weighted by Gasteiger charge is -2.17. The van der Waals surface area contributed by atoms with Gasteiger partial charge in [0.05, 0.1) is 0 Å². The van der Waals surface area contributed by atoms with E-state index in [-0.39, 0.29) is 0 Å². The van der Waals surface area contributed by atoms with Crippen LogP contribution in [0.2, 0.25) is 0 Å². The number of unbranched alkanes of at least 4 members (excludes halogenated alkanes) is 34. The maximum absolute atomic E-state index is 2.47. The SMILES string of the molecule is CCCCCCCC/C=C\CCCCCCCCC(CCCCCCCCCCCC)CCCCCCCCCCCCCCCC. The average Bonchev–Trinajstić information content (AvgIpc) is 3.08. The fourth-order valence-corrected chi connectivity index (χ4v) is 7.66. The van der Waals surface area contributed by atoms with Gasteiger partial charge < -0.3 is 0 Å². The topological polar surface area (TPSA) is 0 Å². The largest absolute Gasteiger partial charge is 0.0885 e. The maximum Gasteiger partial charge on any atom is -0.0351 e. The monoisotopic (exact) mass is 659 g/mol. The van der Waals surface area contributed by atoms with E-state index in [2.05, 4.69) is 32.9 Å². The fourth-order valence-electron chi connectivity index (χ4n) is 7.66. The summed E-state index contributed by atoms with van der Waals surface area (Å²) in [6.45, 7) is 6.95. The van der Waals surface area contributed by atoms with Crippen LogP contribution in [0.5, 0.6) is 0 Å². The van der Waals surface area contributed by atoms with Gasteiger partial charge in [0.25, 0.3) is 0 Å². The third kappa shape index (κ3) is 41.8. The van der Waals surface area contributed by atoms with Crippen molar-refractivity contribution in [3.63, 3.8) is 0 Å². The highest BCUT2D eigenvalue weighted by Crippen LogP contribution is 2.25. The van der Waals surface area contributed by atoms with Crippen LogP contribution < -0.4 is 0 Å². The van der Waals surface area contributed by atoms with Gasteiger partial charge >= 0.3 is 0 Å². The summed E-state index contributed by atoms with van der Waals surface area (Å²) in [5, 5.41) is 0. The second-order valence-electron chi connectivity index (χ2n) is 15.9. The second kappa shape index (κ2) is 43.8. The highest BCUT2D eigenvalue weighted by atomic mass is 14.1. The van der Waals surface area contributed by atoms with Crippen molar-refractivity contribution in [2.75, 3.05) is 0 Å². The first-order chi connectivity index (χ1) is 23.3. The van der Waals surface area contributed by atoms with Gasteiger partial charge in [-0.05, 0) is 31.6 Å². The van der Waals surface area contributed by atoms with Crippen LogP contribution in [0.3, 0.4) is 0 Å². The Balaban J connectivity index is 3.92. The molecule has 0 aromatic heterocycles. The molecule has 0 heteroatoms. The Morgan fingerprint density at radius 3 is 0.660 bits per heavy atom. The Hall–Kier alpha value is -0.260.